The molecule has 30 heavy (non-hydrogen) atoms. The number of rotatable bonds is 4. The standard InChI is InChI=1S/C22H22F3N3O2/c23-22(24,25)17-3-5-20(26-14-17)28-10-7-18(8-11-28)27-21(29)6-2-15-1-4-19-16(13-15)9-12-30-19/h1-6,13-14,18H,7-12H2,(H,27,29)/b6-2+. The van der Waals surface area contributed by atoms with Crippen molar-refractivity contribution in [2.75, 3.05) is 24.6 Å². The number of nitrogens with one attached hydrogen (secondary N) is 1. The van der Waals surface area contributed by atoms with Crippen LogP contribution in [0.25, 0.3) is 6.08 Å². The van der Waals surface area contributed by atoms with E-state index in [0.29, 0.717) is 38.4 Å². The van der Waals surface area contributed by atoms with Gasteiger partial charge in [0, 0.05) is 37.8 Å². The number of hydrogen-bond acceptors (Lipinski definition) is 4. The van der Waals surface area contributed by atoms with Gasteiger partial charge in [0.15, 0.2) is 0 Å². The number of carbonyl (C=O) groups excluding carboxylic acids is 1. The maximum Gasteiger partial charge on any atom is 0.417 e. The lowest BCUT2D eigenvalue weighted by molar-refractivity contribution is -0.137. The van der Waals surface area contributed by atoms with Gasteiger partial charge in [0.05, 0.1) is 12.2 Å². The largest absolute Gasteiger partial charge is 0.493 e. The molecular weight excluding hydrogens is 395 g/mol. The second-order valence-electron chi connectivity index (χ2n) is 7.47. The molecule has 0 bridgehead atoms. The van der Waals surface area contributed by atoms with Gasteiger partial charge in [-0.3, -0.25) is 4.79 Å². The van der Waals surface area contributed by atoms with Crippen LogP contribution in [0.5, 0.6) is 5.75 Å². The number of aromatic nitrogens is 1. The predicted molar refractivity (Wildman–Crippen MR) is 107 cm³/mol. The van der Waals surface area contributed by atoms with Crippen LogP contribution in [0.4, 0.5) is 19.0 Å². The van der Waals surface area contributed by atoms with E-state index in [4.69, 9.17) is 4.74 Å². The minimum absolute atomic E-state index is 0.0290. The Morgan fingerprint density at radius 3 is 2.70 bits per heavy atom. The Balaban J connectivity index is 1.26. The number of amides is 1. The van der Waals surface area contributed by atoms with Crippen molar-refractivity contribution in [3.63, 3.8) is 0 Å². The monoisotopic (exact) mass is 417 g/mol. The number of anilines is 1. The minimum Gasteiger partial charge on any atom is -0.493 e. The fourth-order valence-electron chi connectivity index (χ4n) is 3.73. The summed E-state index contributed by atoms with van der Waals surface area (Å²) < 4.78 is 43.5. The Morgan fingerprint density at radius 1 is 1.20 bits per heavy atom. The predicted octanol–water partition coefficient (Wildman–Crippen LogP) is 3.83. The van der Waals surface area contributed by atoms with Crippen molar-refractivity contribution in [2.45, 2.75) is 31.5 Å². The molecule has 0 atom stereocenters. The van der Waals surface area contributed by atoms with E-state index >= 15 is 0 Å². The molecule has 1 N–H and O–H groups in total. The van der Waals surface area contributed by atoms with Crippen molar-refractivity contribution >= 4 is 17.8 Å². The van der Waals surface area contributed by atoms with E-state index < -0.39 is 11.7 Å². The summed E-state index contributed by atoms with van der Waals surface area (Å²) in [5, 5.41) is 3.00. The van der Waals surface area contributed by atoms with Gasteiger partial charge >= 0.3 is 6.18 Å². The van der Waals surface area contributed by atoms with E-state index in [1.807, 2.05) is 23.1 Å². The second kappa shape index (κ2) is 8.38. The molecule has 4 rings (SSSR count). The number of alkyl halides is 3. The first kappa shape index (κ1) is 20.3. The summed E-state index contributed by atoms with van der Waals surface area (Å²) in [6.07, 6.45) is 2.09. The third-order valence-corrected chi connectivity index (χ3v) is 5.38. The Hall–Kier alpha value is -3.03. The first-order chi connectivity index (χ1) is 14.4. The molecule has 1 amide bonds. The highest BCUT2D eigenvalue weighted by Crippen LogP contribution is 2.30. The van der Waals surface area contributed by atoms with Crippen LogP contribution in [0.2, 0.25) is 0 Å². The van der Waals surface area contributed by atoms with Crippen molar-refractivity contribution in [1.29, 1.82) is 0 Å². The number of ether oxygens (including phenoxy) is 1. The van der Waals surface area contributed by atoms with Crippen LogP contribution in [0.1, 0.15) is 29.5 Å². The Labute approximate surface area is 172 Å². The lowest BCUT2D eigenvalue weighted by Crippen LogP contribution is -2.44. The van der Waals surface area contributed by atoms with Crippen molar-refractivity contribution in [3.8, 4) is 5.75 Å². The third-order valence-electron chi connectivity index (χ3n) is 5.38. The molecule has 1 aromatic carbocycles. The maximum absolute atomic E-state index is 12.7. The molecule has 0 radical (unpaired) electrons. The molecule has 2 aromatic rings. The van der Waals surface area contributed by atoms with Crippen molar-refractivity contribution < 1.29 is 22.7 Å². The van der Waals surface area contributed by atoms with E-state index in [2.05, 4.69) is 10.3 Å². The molecule has 2 aliphatic rings. The quantitative estimate of drug-likeness (QED) is 0.769. The summed E-state index contributed by atoms with van der Waals surface area (Å²) in [4.78, 5) is 18.1. The van der Waals surface area contributed by atoms with Crippen LogP contribution in [0.15, 0.2) is 42.6 Å². The molecule has 8 heteroatoms. The van der Waals surface area contributed by atoms with Crippen LogP contribution in [-0.4, -0.2) is 36.6 Å². The van der Waals surface area contributed by atoms with Crippen LogP contribution in [0.3, 0.4) is 0 Å². The van der Waals surface area contributed by atoms with Gasteiger partial charge in [0.1, 0.15) is 11.6 Å². The summed E-state index contributed by atoms with van der Waals surface area (Å²) in [5.41, 5.74) is 1.36. The molecule has 0 spiro atoms. The fraction of sp³-hybridized carbons (Fsp3) is 0.364. The first-order valence-electron chi connectivity index (χ1n) is 9.91. The molecule has 1 saturated heterocycles. The highest BCUT2D eigenvalue weighted by Gasteiger charge is 2.31. The van der Waals surface area contributed by atoms with E-state index in [0.717, 1.165) is 35.6 Å². The van der Waals surface area contributed by atoms with Gasteiger partial charge in [-0.05, 0) is 54.3 Å². The number of benzene rings is 1. The average Bonchev–Trinajstić information content (AvgIpc) is 3.20. The number of carbonyl (C=O) groups is 1. The Kier molecular flexibility index (Phi) is 5.65. The molecule has 2 aliphatic heterocycles. The lowest BCUT2D eigenvalue weighted by Gasteiger charge is -2.33. The van der Waals surface area contributed by atoms with Crippen LogP contribution < -0.4 is 15.0 Å². The van der Waals surface area contributed by atoms with Crippen LogP contribution in [-0.2, 0) is 17.4 Å². The van der Waals surface area contributed by atoms with Gasteiger partial charge < -0.3 is 15.0 Å². The van der Waals surface area contributed by atoms with E-state index in [1.165, 1.54) is 12.1 Å². The summed E-state index contributed by atoms with van der Waals surface area (Å²) in [6.45, 7) is 1.94. The first-order valence-corrected chi connectivity index (χ1v) is 9.91. The average molecular weight is 417 g/mol. The van der Waals surface area contributed by atoms with E-state index in [-0.39, 0.29) is 11.9 Å². The molecule has 0 unspecified atom stereocenters. The van der Waals surface area contributed by atoms with Crippen LogP contribution in [0, 0.1) is 0 Å². The van der Waals surface area contributed by atoms with Crippen LogP contribution >= 0.6 is 0 Å². The zero-order chi connectivity index (χ0) is 21.1. The lowest BCUT2D eigenvalue weighted by atomic mass is 10.0. The number of fused-ring (bicyclic) bond motifs is 1. The van der Waals surface area contributed by atoms with Gasteiger partial charge in [-0.2, -0.15) is 13.2 Å². The van der Waals surface area contributed by atoms with E-state index in [9.17, 15) is 18.0 Å². The molecule has 158 valence electrons. The Morgan fingerprint density at radius 2 is 2.00 bits per heavy atom. The SMILES string of the molecule is O=C(/C=C/c1ccc2c(c1)CCO2)NC1CCN(c2ccc(C(F)(F)F)cn2)CC1. The number of piperidine rings is 1. The number of pyridine rings is 1. The number of halogens is 3. The highest BCUT2D eigenvalue weighted by atomic mass is 19.4. The summed E-state index contributed by atoms with van der Waals surface area (Å²) in [5.74, 6) is 1.28. The van der Waals surface area contributed by atoms with Crippen molar-refractivity contribution in [3.05, 3.63) is 59.3 Å². The third kappa shape index (κ3) is 4.75. The number of hydrogen-bond donors (Lipinski definition) is 1. The van der Waals surface area contributed by atoms with Crippen molar-refractivity contribution in [2.24, 2.45) is 0 Å². The van der Waals surface area contributed by atoms with Gasteiger partial charge in [0.2, 0.25) is 5.91 Å². The molecule has 3 heterocycles. The van der Waals surface area contributed by atoms with Gasteiger partial charge in [-0.15, -0.1) is 0 Å². The molecule has 1 fully saturated rings. The smallest absolute Gasteiger partial charge is 0.417 e. The van der Waals surface area contributed by atoms with Gasteiger partial charge in [-0.25, -0.2) is 4.98 Å². The molecule has 0 saturated carbocycles. The highest BCUT2D eigenvalue weighted by molar-refractivity contribution is 5.92. The maximum atomic E-state index is 12.7. The second-order valence-corrected chi connectivity index (χ2v) is 7.47. The topological polar surface area (TPSA) is 54.5 Å². The normalized spacial score (nSPS) is 17.1. The zero-order valence-electron chi connectivity index (χ0n) is 16.3. The van der Waals surface area contributed by atoms with Crippen molar-refractivity contribution in [1.82, 2.24) is 10.3 Å². The summed E-state index contributed by atoms with van der Waals surface area (Å²) in [7, 11) is 0. The van der Waals surface area contributed by atoms with E-state index in [1.54, 1.807) is 6.08 Å². The summed E-state index contributed by atoms with van der Waals surface area (Å²) in [6, 6.07) is 8.34. The molecule has 1 aromatic heterocycles. The van der Waals surface area contributed by atoms with Gasteiger partial charge in [-0.1, -0.05) is 6.07 Å². The summed E-state index contributed by atoms with van der Waals surface area (Å²) >= 11 is 0. The minimum atomic E-state index is -4.39. The number of nitrogens with zero attached hydrogens (tertiary/aromatic N) is 2. The zero-order valence-corrected chi connectivity index (χ0v) is 16.3. The molecule has 0 aliphatic carbocycles. The fourth-order valence-corrected chi connectivity index (χ4v) is 3.73. The molecular formula is C22H22F3N3O2. The Bertz CT molecular complexity index is 934. The molecule has 5 nitrogen and oxygen atoms in total. The van der Waals surface area contributed by atoms with Gasteiger partial charge in [0.25, 0.3) is 0 Å².